The third-order valence-electron chi connectivity index (χ3n) is 2.56. The number of esters is 1. The molecule has 1 rings (SSSR count). The molecule has 1 aliphatic rings. The molecular formula is C11H19NO5. The second kappa shape index (κ2) is 7.11. The molecule has 1 unspecified atom stereocenters. The lowest BCUT2D eigenvalue weighted by Gasteiger charge is -2.32. The molecule has 0 N–H and O–H groups in total. The maximum atomic E-state index is 11.7. The highest BCUT2D eigenvalue weighted by atomic mass is 16.6. The van der Waals surface area contributed by atoms with Crippen LogP contribution in [0, 0.1) is 0 Å². The molecule has 0 saturated carbocycles. The Morgan fingerprint density at radius 2 is 2.24 bits per heavy atom. The van der Waals surface area contributed by atoms with Gasteiger partial charge in [-0.05, 0) is 6.42 Å². The summed E-state index contributed by atoms with van der Waals surface area (Å²) in [6, 6.07) is -0.692. The Balaban J connectivity index is 2.52. The van der Waals surface area contributed by atoms with Gasteiger partial charge in [-0.15, -0.1) is 0 Å². The Hall–Kier alpha value is -1.30. The third-order valence-corrected chi connectivity index (χ3v) is 2.56. The molecule has 0 aromatic heterocycles. The summed E-state index contributed by atoms with van der Waals surface area (Å²) in [5.74, 6) is -0.475. The summed E-state index contributed by atoms with van der Waals surface area (Å²) < 4.78 is 14.9. The van der Waals surface area contributed by atoms with Gasteiger partial charge in [-0.25, -0.2) is 9.59 Å². The number of amides is 1. The fourth-order valence-corrected chi connectivity index (χ4v) is 1.54. The predicted molar refractivity (Wildman–Crippen MR) is 59.6 cm³/mol. The van der Waals surface area contributed by atoms with Crippen LogP contribution in [-0.4, -0.2) is 56.5 Å². The molecule has 1 fully saturated rings. The second-order valence-electron chi connectivity index (χ2n) is 3.78. The molecule has 0 bridgehead atoms. The van der Waals surface area contributed by atoms with Crippen LogP contribution in [0.1, 0.15) is 19.8 Å². The Kier molecular flexibility index (Phi) is 5.76. The first-order valence-corrected chi connectivity index (χ1v) is 5.79. The van der Waals surface area contributed by atoms with E-state index in [-0.39, 0.29) is 6.61 Å². The van der Waals surface area contributed by atoms with Crippen molar-refractivity contribution in [2.24, 2.45) is 0 Å². The Morgan fingerprint density at radius 3 is 2.88 bits per heavy atom. The van der Waals surface area contributed by atoms with E-state index in [1.807, 2.05) is 6.92 Å². The van der Waals surface area contributed by atoms with E-state index in [1.54, 1.807) is 0 Å². The Labute approximate surface area is 101 Å². The number of hydrogen-bond acceptors (Lipinski definition) is 5. The van der Waals surface area contributed by atoms with Crippen LogP contribution in [0.25, 0.3) is 0 Å². The summed E-state index contributed by atoms with van der Waals surface area (Å²) in [7, 11) is 1.29. The number of methoxy groups -OCH3 is 1. The minimum Gasteiger partial charge on any atom is -0.467 e. The van der Waals surface area contributed by atoms with Crippen molar-refractivity contribution in [1.82, 2.24) is 4.90 Å². The molecule has 98 valence electrons. The van der Waals surface area contributed by atoms with Crippen LogP contribution in [0.5, 0.6) is 0 Å². The van der Waals surface area contributed by atoms with Gasteiger partial charge >= 0.3 is 12.1 Å². The van der Waals surface area contributed by atoms with Crippen molar-refractivity contribution in [2.75, 3.05) is 33.5 Å². The zero-order valence-electron chi connectivity index (χ0n) is 10.3. The van der Waals surface area contributed by atoms with Gasteiger partial charge < -0.3 is 14.2 Å². The van der Waals surface area contributed by atoms with Crippen molar-refractivity contribution in [3.8, 4) is 0 Å². The lowest BCUT2D eigenvalue weighted by molar-refractivity contribution is -0.152. The zero-order chi connectivity index (χ0) is 12.7. The van der Waals surface area contributed by atoms with E-state index in [0.29, 0.717) is 19.8 Å². The lowest BCUT2D eigenvalue weighted by Crippen LogP contribution is -2.53. The van der Waals surface area contributed by atoms with E-state index in [9.17, 15) is 9.59 Å². The van der Waals surface area contributed by atoms with Gasteiger partial charge in [-0.1, -0.05) is 13.3 Å². The largest absolute Gasteiger partial charge is 0.467 e. The molecule has 0 spiro atoms. The van der Waals surface area contributed by atoms with Crippen LogP contribution < -0.4 is 0 Å². The molecule has 0 aromatic rings. The number of rotatable bonds is 4. The fourth-order valence-electron chi connectivity index (χ4n) is 1.54. The van der Waals surface area contributed by atoms with E-state index < -0.39 is 18.1 Å². The Morgan fingerprint density at radius 1 is 1.47 bits per heavy atom. The first-order valence-electron chi connectivity index (χ1n) is 5.79. The van der Waals surface area contributed by atoms with Gasteiger partial charge in [0.05, 0.1) is 26.9 Å². The Bertz CT molecular complexity index is 269. The first-order chi connectivity index (χ1) is 8.20. The van der Waals surface area contributed by atoms with Gasteiger partial charge in [-0.2, -0.15) is 0 Å². The van der Waals surface area contributed by atoms with Gasteiger partial charge in [-0.3, -0.25) is 4.90 Å². The van der Waals surface area contributed by atoms with Gasteiger partial charge in [0, 0.05) is 6.54 Å². The number of carbonyl (C=O) groups is 2. The molecule has 0 aliphatic carbocycles. The second-order valence-corrected chi connectivity index (χ2v) is 3.78. The van der Waals surface area contributed by atoms with E-state index in [0.717, 1.165) is 12.8 Å². The first kappa shape index (κ1) is 13.8. The SMILES string of the molecule is CCCCOC(=O)N1CCOCC1C(=O)OC. The van der Waals surface area contributed by atoms with Crippen LogP contribution >= 0.6 is 0 Å². The van der Waals surface area contributed by atoms with Crippen molar-refractivity contribution in [3.05, 3.63) is 0 Å². The van der Waals surface area contributed by atoms with Crippen LogP contribution in [0.2, 0.25) is 0 Å². The fraction of sp³-hybridized carbons (Fsp3) is 0.818. The van der Waals surface area contributed by atoms with Crippen LogP contribution in [0.15, 0.2) is 0 Å². The molecule has 6 nitrogen and oxygen atoms in total. The summed E-state index contributed by atoms with van der Waals surface area (Å²) in [4.78, 5) is 24.6. The molecule has 1 heterocycles. The monoisotopic (exact) mass is 245 g/mol. The summed E-state index contributed by atoms with van der Waals surface area (Å²) >= 11 is 0. The standard InChI is InChI=1S/C11H19NO5/c1-3-4-6-17-11(14)12-5-7-16-8-9(12)10(13)15-2/h9H,3-8H2,1-2H3. The van der Waals surface area contributed by atoms with Crippen molar-refractivity contribution < 1.29 is 23.8 Å². The third kappa shape index (κ3) is 3.89. The van der Waals surface area contributed by atoms with Gasteiger partial charge in [0.25, 0.3) is 0 Å². The highest BCUT2D eigenvalue weighted by molar-refractivity contribution is 5.81. The van der Waals surface area contributed by atoms with Crippen LogP contribution in [-0.2, 0) is 19.0 Å². The van der Waals surface area contributed by atoms with Crippen molar-refractivity contribution in [2.45, 2.75) is 25.8 Å². The molecule has 0 aromatic carbocycles. The van der Waals surface area contributed by atoms with Crippen molar-refractivity contribution in [3.63, 3.8) is 0 Å². The molecule has 6 heteroatoms. The predicted octanol–water partition coefficient (Wildman–Crippen LogP) is 0.797. The average molecular weight is 245 g/mol. The number of hydrogen-bond donors (Lipinski definition) is 0. The van der Waals surface area contributed by atoms with E-state index in [2.05, 4.69) is 4.74 Å². The van der Waals surface area contributed by atoms with Gasteiger partial charge in [0.1, 0.15) is 0 Å². The minimum absolute atomic E-state index is 0.162. The highest BCUT2D eigenvalue weighted by Gasteiger charge is 2.34. The molecule has 1 saturated heterocycles. The number of morpholine rings is 1. The smallest absolute Gasteiger partial charge is 0.410 e. The number of carbonyl (C=O) groups excluding carboxylic acids is 2. The lowest BCUT2D eigenvalue weighted by atomic mass is 10.2. The highest BCUT2D eigenvalue weighted by Crippen LogP contribution is 2.10. The average Bonchev–Trinajstić information content (AvgIpc) is 2.38. The zero-order valence-corrected chi connectivity index (χ0v) is 10.3. The summed E-state index contributed by atoms with van der Waals surface area (Å²) in [6.07, 6.45) is 1.30. The minimum atomic E-state index is -0.692. The quantitative estimate of drug-likeness (QED) is 0.541. The molecule has 1 atom stereocenters. The number of unbranched alkanes of at least 4 members (excludes halogenated alkanes) is 1. The summed E-state index contributed by atoms with van der Waals surface area (Å²) in [5, 5.41) is 0. The van der Waals surface area contributed by atoms with E-state index >= 15 is 0 Å². The molecular weight excluding hydrogens is 226 g/mol. The summed E-state index contributed by atoms with van der Waals surface area (Å²) in [6.45, 7) is 3.32. The van der Waals surface area contributed by atoms with Crippen molar-refractivity contribution >= 4 is 12.1 Å². The molecule has 1 aliphatic heterocycles. The maximum absolute atomic E-state index is 11.7. The molecule has 17 heavy (non-hydrogen) atoms. The van der Waals surface area contributed by atoms with Crippen LogP contribution in [0.4, 0.5) is 4.79 Å². The van der Waals surface area contributed by atoms with E-state index in [1.165, 1.54) is 12.0 Å². The normalized spacial score (nSPS) is 19.9. The maximum Gasteiger partial charge on any atom is 0.410 e. The number of nitrogens with zero attached hydrogens (tertiary/aromatic N) is 1. The number of ether oxygens (including phenoxy) is 3. The van der Waals surface area contributed by atoms with Crippen molar-refractivity contribution in [1.29, 1.82) is 0 Å². The van der Waals surface area contributed by atoms with Crippen LogP contribution in [0.3, 0.4) is 0 Å². The summed E-state index contributed by atoms with van der Waals surface area (Å²) in [5.41, 5.74) is 0. The van der Waals surface area contributed by atoms with Gasteiger partial charge in [0.15, 0.2) is 6.04 Å². The van der Waals surface area contributed by atoms with E-state index in [4.69, 9.17) is 9.47 Å². The molecule has 1 amide bonds. The molecule has 0 radical (unpaired) electrons. The topological polar surface area (TPSA) is 65.1 Å². The van der Waals surface area contributed by atoms with Gasteiger partial charge in [0.2, 0.25) is 0 Å².